The molecule has 0 spiro atoms. The molecular formula is C9H11Cl. The zero-order valence-electron chi connectivity index (χ0n) is 6.15. The first-order valence-electron chi connectivity index (χ1n) is 3.38. The van der Waals surface area contributed by atoms with Gasteiger partial charge < -0.3 is 0 Å². The summed E-state index contributed by atoms with van der Waals surface area (Å²) in [6, 6.07) is 0. The first-order valence-corrected chi connectivity index (χ1v) is 3.76. The second-order valence-electron chi connectivity index (χ2n) is 2.62. The highest BCUT2D eigenvalue weighted by atomic mass is 35.5. The smallest absolute Gasteiger partial charge is 0.0250 e. The predicted molar refractivity (Wildman–Crippen MR) is 46.1 cm³/mol. The largest absolute Gasteiger partial charge is 0.0992 e. The van der Waals surface area contributed by atoms with Crippen molar-refractivity contribution in [2.45, 2.75) is 19.8 Å². The Balaban J connectivity index is 2.85. The van der Waals surface area contributed by atoms with Crippen LogP contribution in [-0.4, -0.2) is 0 Å². The van der Waals surface area contributed by atoms with Gasteiger partial charge in [-0.3, -0.25) is 0 Å². The Bertz CT molecular complexity index is 209. The van der Waals surface area contributed by atoms with Crippen molar-refractivity contribution in [3.63, 3.8) is 0 Å². The first-order chi connectivity index (χ1) is 4.70. The van der Waals surface area contributed by atoms with Crippen LogP contribution in [0, 0.1) is 0 Å². The fourth-order valence-corrected chi connectivity index (χ4v) is 1.18. The quantitative estimate of drug-likeness (QED) is 0.469. The van der Waals surface area contributed by atoms with E-state index in [0.29, 0.717) is 0 Å². The Morgan fingerprint density at radius 3 is 3.00 bits per heavy atom. The Hall–Kier alpha value is -0.490. The highest BCUT2D eigenvalue weighted by Gasteiger charge is 2.02. The summed E-state index contributed by atoms with van der Waals surface area (Å²) in [5, 5.41) is 0.929. The van der Waals surface area contributed by atoms with Crippen LogP contribution in [0.5, 0.6) is 0 Å². The van der Waals surface area contributed by atoms with Crippen LogP contribution in [-0.2, 0) is 0 Å². The van der Waals surface area contributed by atoms with Crippen molar-refractivity contribution in [1.82, 2.24) is 0 Å². The number of hydrogen-bond donors (Lipinski definition) is 0. The lowest BCUT2D eigenvalue weighted by Gasteiger charge is -1.98. The molecule has 0 aromatic heterocycles. The number of allylic oxidation sites excluding steroid dienone is 5. The molecule has 0 saturated heterocycles. The molecule has 0 aromatic carbocycles. The van der Waals surface area contributed by atoms with Crippen molar-refractivity contribution in [1.29, 1.82) is 0 Å². The van der Waals surface area contributed by atoms with Crippen LogP contribution < -0.4 is 0 Å². The molecular weight excluding hydrogens is 144 g/mol. The van der Waals surface area contributed by atoms with E-state index in [-0.39, 0.29) is 0 Å². The zero-order chi connectivity index (χ0) is 7.56. The molecule has 54 valence electrons. The maximum Gasteiger partial charge on any atom is 0.0250 e. The van der Waals surface area contributed by atoms with E-state index in [0.717, 1.165) is 17.9 Å². The fourth-order valence-electron chi connectivity index (χ4n) is 0.924. The summed E-state index contributed by atoms with van der Waals surface area (Å²) >= 11 is 5.93. The molecule has 0 saturated carbocycles. The molecule has 0 radical (unpaired) electrons. The van der Waals surface area contributed by atoms with Gasteiger partial charge in [0, 0.05) is 11.5 Å². The monoisotopic (exact) mass is 154 g/mol. The molecule has 1 rings (SSSR count). The lowest BCUT2D eigenvalue weighted by molar-refractivity contribution is 1.11. The van der Waals surface area contributed by atoms with Crippen molar-refractivity contribution in [2.24, 2.45) is 0 Å². The average Bonchev–Trinajstić information content (AvgIpc) is 1.96. The molecule has 0 amide bonds. The van der Waals surface area contributed by atoms with Gasteiger partial charge in [-0.25, -0.2) is 0 Å². The Kier molecular flexibility index (Phi) is 2.34. The maximum atomic E-state index is 5.93. The number of rotatable bonds is 0. The van der Waals surface area contributed by atoms with Gasteiger partial charge in [-0.15, -0.1) is 0 Å². The minimum Gasteiger partial charge on any atom is -0.0992 e. The van der Waals surface area contributed by atoms with Crippen LogP contribution in [0.4, 0.5) is 0 Å². The summed E-state index contributed by atoms with van der Waals surface area (Å²) in [4.78, 5) is 0. The van der Waals surface area contributed by atoms with E-state index in [2.05, 4.69) is 18.7 Å². The van der Waals surface area contributed by atoms with Gasteiger partial charge in [0.15, 0.2) is 0 Å². The molecule has 0 aliphatic heterocycles. The zero-order valence-corrected chi connectivity index (χ0v) is 6.91. The molecule has 0 unspecified atom stereocenters. The Labute approximate surface area is 66.9 Å². The molecule has 0 fully saturated rings. The van der Waals surface area contributed by atoms with Crippen LogP contribution in [0.2, 0.25) is 0 Å². The summed E-state index contributed by atoms with van der Waals surface area (Å²) in [5.41, 5.74) is 2.36. The topological polar surface area (TPSA) is 0 Å². The molecule has 0 heterocycles. The van der Waals surface area contributed by atoms with Crippen LogP contribution in [0.25, 0.3) is 0 Å². The molecule has 1 aliphatic carbocycles. The third-order valence-electron chi connectivity index (χ3n) is 1.61. The van der Waals surface area contributed by atoms with Crippen molar-refractivity contribution in [2.75, 3.05) is 0 Å². The lowest BCUT2D eigenvalue weighted by Crippen LogP contribution is -1.78. The molecule has 0 atom stereocenters. The van der Waals surface area contributed by atoms with Gasteiger partial charge in [0.05, 0.1) is 0 Å². The summed E-state index contributed by atoms with van der Waals surface area (Å²) in [5.74, 6) is 0. The maximum absolute atomic E-state index is 5.93. The van der Waals surface area contributed by atoms with E-state index in [1.54, 1.807) is 0 Å². The standard InChI is InChI=1S/C9H11Cl/c1-7-4-3-5-8(2)9(10)6-7/h3,5H,1,4,6H2,2H3. The second-order valence-corrected chi connectivity index (χ2v) is 3.08. The van der Waals surface area contributed by atoms with Crippen molar-refractivity contribution < 1.29 is 0 Å². The second kappa shape index (κ2) is 3.07. The summed E-state index contributed by atoms with van der Waals surface area (Å²) < 4.78 is 0. The van der Waals surface area contributed by atoms with E-state index >= 15 is 0 Å². The van der Waals surface area contributed by atoms with Crippen LogP contribution in [0.1, 0.15) is 19.8 Å². The lowest BCUT2D eigenvalue weighted by atomic mass is 10.1. The minimum absolute atomic E-state index is 0.848. The number of halogens is 1. The van der Waals surface area contributed by atoms with Crippen molar-refractivity contribution >= 4 is 11.6 Å². The third-order valence-corrected chi connectivity index (χ3v) is 2.04. The van der Waals surface area contributed by atoms with Gasteiger partial charge in [-0.1, -0.05) is 35.9 Å². The van der Waals surface area contributed by atoms with E-state index in [1.165, 1.54) is 11.1 Å². The molecule has 0 bridgehead atoms. The molecule has 0 aromatic rings. The Morgan fingerprint density at radius 2 is 2.30 bits per heavy atom. The van der Waals surface area contributed by atoms with Crippen molar-refractivity contribution in [3.05, 3.63) is 34.9 Å². The van der Waals surface area contributed by atoms with E-state index in [1.807, 2.05) is 6.92 Å². The average molecular weight is 155 g/mol. The summed E-state index contributed by atoms with van der Waals surface area (Å²) in [6.07, 6.45) is 5.97. The van der Waals surface area contributed by atoms with Gasteiger partial charge in [0.25, 0.3) is 0 Å². The molecule has 1 aliphatic rings. The third kappa shape index (κ3) is 1.74. The van der Waals surface area contributed by atoms with E-state index in [9.17, 15) is 0 Å². The highest BCUT2D eigenvalue weighted by molar-refractivity contribution is 6.30. The predicted octanol–water partition coefficient (Wildman–Crippen LogP) is 3.41. The summed E-state index contributed by atoms with van der Waals surface area (Å²) in [7, 11) is 0. The van der Waals surface area contributed by atoms with Crippen LogP contribution in [0.3, 0.4) is 0 Å². The number of hydrogen-bond acceptors (Lipinski definition) is 0. The molecule has 0 N–H and O–H groups in total. The van der Waals surface area contributed by atoms with Gasteiger partial charge in [0.2, 0.25) is 0 Å². The van der Waals surface area contributed by atoms with Gasteiger partial charge >= 0.3 is 0 Å². The van der Waals surface area contributed by atoms with Crippen LogP contribution >= 0.6 is 11.6 Å². The van der Waals surface area contributed by atoms with Gasteiger partial charge in [-0.05, 0) is 18.9 Å². The highest BCUT2D eigenvalue weighted by Crippen LogP contribution is 2.24. The molecule has 10 heavy (non-hydrogen) atoms. The minimum atomic E-state index is 0.848. The van der Waals surface area contributed by atoms with Gasteiger partial charge in [-0.2, -0.15) is 0 Å². The SMILES string of the molecule is C=C1CC=CC(C)=C(Cl)C1. The van der Waals surface area contributed by atoms with Crippen molar-refractivity contribution in [3.8, 4) is 0 Å². The van der Waals surface area contributed by atoms with E-state index < -0.39 is 0 Å². The van der Waals surface area contributed by atoms with Crippen LogP contribution in [0.15, 0.2) is 34.9 Å². The molecule has 0 nitrogen and oxygen atoms in total. The van der Waals surface area contributed by atoms with E-state index in [4.69, 9.17) is 11.6 Å². The fraction of sp³-hybridized carbons (Fsp3) is 0.333. The Morgan fingerprint density at radius 1 is 1.60 bits per heavy atom. The normalized spacial score (nSPS) is 19.6. The first kappa shape index (κ1) is 7.62. The van der Waals surface area contributed by atoms with Gasteiger partial charge in [0.1, 0.15) is 0 Å². The summed E-state index contributed by atoms with van der Waals surface area (Å²) in [6.45, 7) is 5.91. The molecule has 1 heteroatoms.